The van der Waals surface area contributed by atoms with E-state index in [0.29, 0.717) is 6.92 Å². The van der Waals surface area contributed by atoms with Crippen molar-refractivity contribution in [2.45, 2.75) is 19.3 Å². The van der Waals surface area contributed by atoms with Gasteiger partial charge in [-0.25, -0.2) is 4.79 Å². The number of rotatable bonds is 2. The largest absolute Gasteiger partial charge is 0.478 e. The minimum absolute atomic E-state index is 0.359. The Morgan fingerprint density at radius 3 is 1.67 bits per heavy atom. The van der Waals surface area contributed by atoms with Crippen LogP contribution in [0.3, 0.4) is 0 Å². The van der Waals surface area contributed by atoms with Crippen LogP contribution in [0.2, 0.25) is 0 Å². The van der Waals surface area contributed by atoms with Gasteiger partial charge < -0.3 is 5.11 Å². The molecule has 0 saturated carbocycles. The van der Waals surface area contributed by atoms with E-state index >= 15 is 0 Å². The lowest BCUT2D eigenvalue weighted by molar-refractivity contribution is -0.267. The lowest BCUT2D eigenvalue weighted by atomic mass is 10.1. The second-order valence-electron chi connectivity index (χ2n) is 2.72. The van der Waals surface area contributed by atoms with Crippen LogP contribution in [0.4, 0.5) is 26.3 Å². The average Bonchev–Trinajstić information content (AvgIpc) is 1.94. The summed E-state index contributed by atoms with van der Waals surface area (Å²) >= 11 is 0. The number of carboxylic acid groups (broad SMARTS) is 1. The number of hydrogen-bond donors (Lipinski definition) is 1. The molecule has 2 nitrogen and oxygen atoms in total. The maximum atomic E-state index is 11.9. The van der Waals surface area contributed by atoms with Crippen LogP contribution < -0.4 is 0 Å². The van der Waals surface area contributed by atoms with E-state index in [9.17, 15) is 31.1 Å². The summed E-state index contributed by atoms with van der Waals surface area (Å²) < 4.78 is 71.3. The molecule has 15 heavy (non-hydrogen) atoms. The molecule has 0 heterocycles. The van der Waals surface area contributed by atoms with Crippen molar-refractivity contribution in [3.63, 3.8) is 0 Å². The van der Waals surface area contributed by atoms with Crippen LogP contribution >= 0.6 is 0 Å². The molecule has 0 bridgehead atoms. The maximum Gasteiger partial charge on any atom is 0.403 e. The van der Waals surface area contributed by atoms with Crippen molar-refractivity contribution in [1.29, 1.82) is 0 Å². The van der Waals surface area contributed by atoms with Gasteiger partial charge in [-0.05, 0) is 6.92 Å². The van der Waals surface area contributed by atoms with Gasteiger partial charge in [0.1, 0.15) is 0 Å². The minimum atomic E-state index is -5.55. The Labute approximate surface area is 80.2 Å². The zero-order chi connectivity index (χ0) is 12.4. The van der Waals surface area contributed by atoms with Crippen molar-refractivity contribution in [3.8, 4) is 0 Å². The molecular weight excluding hydrogens is 230 g/mol. The van der Waals surface area contributed by atoms with Crippen LogP contribution in [0.5, 0.6) is 0 Å². The number of aliphatic carboxylic acids is 1. The molecule has 0 aliphatic rings. The highest BCUT2D eigenvalue weighted by Gasteiger charge is 2.55. The second-order valence-corrected chi connectivity index (χ2v) is 2.72. The van der Waals surface area contributed by atoms with E-state index in [-0.39, 0.29) is 6.08 Å². The molecule has 0 amide bonds. The van der Waals surface area contributed by atoms with Gasteiger partial charge in [0.25, 0.3) is 0 Å². The van der Waals surface area contributed by atoms with Crippen molar-refractivity contribution >= 4 is 5.97 Å². The fourth-order valence-electron chi connectivity index (χ4n) is 0.696. The molecule has 0 spiro atoms. The van der Waals surface area contributed by atoms with Crippen LogP contribution in [-0.2, 0) is 4.79 Å². The van der Waals surface area contributed by atoms with E-state index in [1.807, 2.05) is 0 Å². The Bertz CT molecular complexity index is 260. The van der Waals surface area contributed by atoms with Gasteiger partial charge in [-0.3, -0.25) is 0 Å². The standard InChI is InChI=1S/C7H6F6O2/c1-3(5(14)15)2-4(6(8,9)10)7(11,12)13/h2,4H,1H3,(H,14,15)/b3-2+. The van der Waals surface area contributed by atoms with Crippen molar-refractivity contribution in [1.82, 2.24) is 0 Å². The summed E-state index contributed by atoms with van der Waals surface area (Å²) in [6, 6.07) is 0. The molecule has 0 atom stereocenters. The summed E-state index contributed by atoms with van der Waals surface area (Å²) in [5.74, 6) is -5.57. The normalized spacial score (nSPS) is 14.5. The molecule has 0 aliphatic heterocycles. The molecule has 0 saturated heterocycles. The summed E-state index contributed by atoms with van der Waals surface area (Å²) in [7, 11) is 0. The van der Waals surface area contributed by atoms with Crippen LogP contribution in [0.1, 0.15) is 6.92 Å². The summed E-state index contributed by atoms with van der Waals surface area (Å²) in [5, 5.41) is 8.16. The predicted molar refractivity (Wildman–Crippen MR) is 37.0 cm³/mol. The van der Waals surface area contributed by atoms with Crippen molar-refractivity contribution in [3.05, 3.63) is 11.6 Å². The van der Waals surface area contributed by atoms with Crippen LogP contribution in [0.25, 0.3) is 0 Å². The highest BCUT2D eigenvalue weighted by molar-refractivity contribution is 5.85. The SMILES string of the molecule is C/C(=C\C(C(F)(F)F)C(F)(F)F)C(=O)O. The van der Waals surface area contributed by atoms with Gasteiger partial charge in [-0.2, -0.15) is 26.3 Å². The lowest BCUT2D eigenvalue weighted by Gasteiger charge is -2.20. The van der Waals surface area contributed by atoms with Crippen LogP contribution in [0, 0.1) is 5.92 Å². The van der Waals surface area contributed by atoms with E-state index in [0.717, 1.165) is 0 Å². The summed E-state index contributed by atoms with van der Waals surface area (Å²) in [5.41, 5.74) is -1.00. The number of carboxylic acids is 1. The third-order valence-corrected chi connectivity index (χ3v) is 1.46. The Kier molecular flexibility index (Phi) is 3.78. The number of carbonyl (C=O) groups is 1. The Balaban J connectivity index is 5.17. The first-order valence-electron chi connectivity index (χ1n) is 3.51. The molecule has 1 N–H and O–H groups in total. The Morgan fingerprint density at radius 1 is 1.13 bits per heavy atom. The topological polar surface area (TPSA) is 37.3 Å². The Hall–Kier alpha value is -1.21. The van der Waals surface area contributed by atoms with E-state index in [2.05, 4.69) is 0 Å². The molecule has 0 fully saturated rings. The van der Waals surface area contributed by atoms with Gasteiger partial charge >= 0.3 is 18.3 Å². The maximum absolute atomic E-state index is 11.9. The number of allylic oxidation sites excluding steroid dienone is 1. The first-order valence-corrected chi connectivity index (χ1v) is 3.51. The molecule has 0 rings (SSSR count). The zero-order valence-electron chi connectivity index (χ0n) is 7.28. The number of alkyl halides is 6. The molecule has 0 aliphatic carbocycles. The quantitative estimate of drug-likeness (QED) is 0.591. The third-order valence-electron chi connectivity index (χ3n) is 1.46. The van der Waals surface area contributed by atoms with E-state index in [4.69, 9.17) is 5.11 Å². The van der Waals surface area contributed by atoms with Gasteiger partial charge in [0.15, 0.2) is 5.92 Å². The molecular formula is C7H6F6O2. The van der Waals surface area contributed by atoms with Gasteiger partial charge in [-0.1, -0.05) is 6.08 Å². The zero-order valence-corrected chi connectivity index (χ0v) is 7.28. The third kappa shape index (κ3) is 4.22. The smallest absolute Gasteiger partial charge is 0.403 e. The fraction of sp³-hybridized carbons (Fsp3) is 0.571. The first kappa shape index (κ1) is 13.8. The van der Waals surface area contributed by atoms with Crippen LogP contribution in [0.15, 0.2) is 11.6 Å². The molecule has 0 aromatic carbocycles. The second kappa shape index (κ2) is 4.11. The van der Waals surface area contributed by atoms with Crippen molar-refractivity contribution < 1.29 is 36.2 Å². The van der Waals surface area contributed by atoms with Crippen molar-refractivity contribution in [2.75, 3.05) is 0 Å². The summed E-state index contributed by atoms with van der Waals surface area (Å²) in [4.78, 5) is 10.1. The molecule has 88 valence electrons. The van der Waals surface area contributed by atoms with Gasteiger partial charge in [0.2, 0.25) is 0 Å². The highest BCUT2D eigenvalue weighted by atomic mass is 19.4. The molecule has 0 unspecified atom stereocenters. The average molecular weight is 236 g/mol. The van der Waals surface area contributed by atoms with E-state index in [1.165, 1.54) is 0 Å². The molecule has 0 radical (unpaired) electrons. The molecule has 8 heteroatoms. The number of halogens is 6. The van der Waals surface area contributed by atoms with Crippen molar-refractivity contribution in [2.24, 2.45) is 5.92 Å². The fourth-order valence-corrected chi connectivity index (χ4v) is 0.696. The number of hydrogen-bond acceptors (Lipinski definition) is 1. The first-order chi connectivity index (χ1) is 6.46. The van der Waals surface area contributed by atoms with Gasteiger partial charge in [0.05, 0.1) is 0 Å². The lowest BCUT2D eigenvalue weighted by Crippen LogP contribution is -2.35. The van der Waals surface area contributed by atoms with Gasteiger partial charge in [0, 0.05) is 5.57 Å². The van der Waals surface area contributed by atoms with E-state index < -0.39 is 29.8 Å². The minimum Gasteiger partial charge on any atom is -0.478 e. The highest BCUT2D eigenvalue weighted by Crippen LogP contribution is 2.40. The predicted octanol–water partition coefficient (Wildman–Crippen LogP) is 2.76. The van der Waals surface area contributed by atoms with E-state index in [1.54, 1.807) is 0 Å². The summed E-state index contributed by atoms with van der Waals surface area (Å²) in [6.45, 7) is 0.660. The Morgan fingerprint density at radius 2 is 1.47 bits per heavy atom. The van der Waals surface area contributed by atoms with Gasteiger partial charge in [-0.15, -0.1) is 0 Å². The monoisotopic (exact) mass is 236 g/mol. The molecule has 0 aromatic heterocycles. The summed E-state index contributed by atoms with van der Waals surface area (Å²) in [6.07, 6.45) is -11.5. The molecule has 0 aromatic rings. The van der Waals surface area contributed by atoms with Crippen LogP contribution in [-0.4, -0.2) is 23.4 Å².